The number of pyridine rings is 1. The molecular weight excluding hydrogens is 342 g/mol. The highest BCUT2D eigenvalue weighted by Crippen LogP contribution is 2.09. The van der Waals surface area contributed by atoms with E-state index in [1.165, 1.54) is 7.11 Å². The SMILES string of the molecule is COn1c2c(c3cc(C)cc([Si])c3c1=O)=C([Si])C(=O)C(=O)C=2[Si]. The lowest BCUT2D eigenvalue weighted by Gasteiger charge is -2.17. The van der Waals surface area contributed by atoms with Crippen molar-refractivity contribution >= 4 is 68.6 Å². The van der Waals surface area contributed by atoms with Gasteiger partial charge >= 0.3 is 0 Å². The molecule has 0 N–H and O–H groups in total. The molecule has 0 saturated heterocycles. The normalized spacial score (nSPS) is 14.5. The van der Waals surface area contributed by atoms with Crippen LogP contribution >= 0.6 is 0 Å². The molecule has 8 heteroatoms. The van der Waals surface area contributed by atoms with E-state index in [0.29, 0.717) is 21.2 Å². The molecule has 9 radical (unpaired) electrons. The van der Waals surface area contributed by atoms with Crippen LogP contribution in [0.3, 0.4) is 0 Å². The van der Waals surface area contributed by atoms with Crippen molar-refractivity contribution in [3.05, 3.63) is 38.6 Å². The maximum absolute atomic E-state index is 12.8. The Labute approximate surface area is 140 Å². The summed E-state index contributed by atoms with van der Waals surface area (Å²) in [6, 6.07) is 3.59. The zero-order valence-corrected chi connectivity index (χ0v) is 15.2. The molecule has 0 amide bonds. The zero-order chi connectivity index (χ0) is 17.0. The quantitative estimate of drug-likeness (QED) is 0.403. The number of fused-ring (bicyclic) bond motifs is 3. The maximum Gasteiger partial charge on any atom is 0.291 e. The minimum absolute atomic E-state index is 0.00938. The fourth-order valence-electron chi connectivity index (χ4n) is 2.75. The number of aryl methyl sites for hydroxylation is 1. The molecule has 2 aromatic rings. The minimum atomic E-state index is -0.741. The second kappa shape index (κ2) is 5.25. The fourth-order valence-corrected chi connectivity index (χ4v) is 3.92. The maximum atomic E-state index is 12.8. The number of Topliss-reactive ketones (excluding diaryl/α,β-unsaturated/α-hetero) is 2. The molecule has 1 heterocycles. The van der Waals surface area contributed by atoms with E-state index < -0.39 is 17.1 Å². The summed E-state index contributed by atoms with van der Waals surface area (Å²) >= 11 is 0. The topological polar surface area (TPSA) is 65.4 Å². The highest BCUT2D eigenvalue weighted by atomic mass is 28.2. The largest absolute Gasteiger partial charge is 0.413 e. The van der Waals surface area contributed by atoms with Crippen molar-refractivity contribution in [2.45, 2.75) is 6.92 Å². The zero-order valence-electron chi connectivity index (χ0n) is 12.2. The first kappa shape index (κ1) is 15.8. The number of aromatic nitrogens is 1. The molecule has 23 heavy (non-hydrogen) atoms. The van der Waals surface area contributed by atoms with Gasteiger partial charge in [-0.05, 0) is 17.5 Å². The molecule has 0 aliphatic heterocycles. The summed E-state index contributed by atoms with van der Waals surface area (Å²) < 4.78 is 1.00. The van der Waals surface area contributed by atoms with Gasteiger partial charge in [-0.25, -0.2) is 0 Å². The molecule has 1 aromatic carbocycles. The Morgan fingerprint density at radius 3 is 2.22 bits per heavy atom. The highest BCUT2D eigenvalue weighted by molar-refractivity contribution is 6.82. The van der Waals surface area contributed by atoms with E-state index >= 15 is 0 Å². The first-order valence-electron chi connectivity index (χ1n) is 6.56. The average Bonchev–Trinajstić information content (AvgIpc) is 2.49. The Hall–Kier alpha value is -2.04. The van der Waals surface area contributed by atoms with Gasteiger partial charge in [0.15, 0.2) is 0 Å². The molecule has 0 bridgehead atoms. The third kappa shape index (κ3) is 2.06. The molecule has 0 atom stereocenters. The average molecular weight is 350 g/mol. The first-order chi connectivity index (χ1) is 10.8. The van der Waals surface area contributed by atoms with Crippen LogP contribution in [0.25, 0.3) is 21.2 Å². The Kier molecular flexibility index (Phi) is 3.62. The predicted octanol–water partition coefficient (Wildman–Crippen LogP) is -3.13. The van der Waals surface area contributed by atoms with E-state index in [9.17, 15) is 14.4 Å². The fraction of sp³-hybridized carbons (Fsp3) is 0.133. The number of carbonyl (C=O) groups is 2. The van der Waals surface area contributed by atoms with Crippen molar-refractivity contribution in [3.8, 4) is 0 Å². The van der Waals surface area contributed by atoms with Crippen LogP contribution in [0.5, 0.6) is 0 Å². The minimum Gasteiger partial charge on any atom is -0.413 e. The highest BCUT2D eigenvalue weighted by Gasteiger charge is 2.27. The Balaban J connectivity index is 2.87. The van der Waals surface area contributed by atoms with Gasteiger partial charge in [0.1, 0.15) is 7.11 Å². The Morgan fingerprint density at radius 1 is 1.00 bits per heavy atom. The number of benzene rings is 1. The smallest absolute Gasteiger partial charge is 0.291 e. The summed E-state index contributed by atoms with van der Waals surface area (Å²) in [5.74, 6) is -1.42. The van der Waals surface area contributed by atoms with E-state index in [4.69, 9.17) is 4.84 Å². The molecule has 5 nitrogen and oxygen atoms in total. The molecule has 1 aliphatic rings. The van der Waals surface area contributed by atoms with Gasteiger partial charge in [0.05, 0.1) is 36.1 Å². The number of nitrogens with zero attached hydrogens (tertiary/aromatic N) is 1. The van der Waals surface area contributed by atoms with Crippen molar-refractivity contribution < 1.29 is 14.4 Å². The summed E-state index contributed by atoms with van der Waals surface area (Å²) in [4.78, 5) is 42.2. The van der Waals surface area contributed by atoms with Gasteiger partial charge in [-0.15, -0.1) is 4.73 Å². The van der Waals surface area contributed by atoms with E-state index in [1.54, 1.807) is 12.1 Å². The van der Waals surface area contributed by atoms with Crippen LogP contribution in [0, 0.1) is 6.92 Å². The monoisotopic (exact) mass is 350 g/mol. The van der Waals surface area contributed by atoms with E-state index in [2.05, 4.69) is 30.7 Å². The number of carbonyl (C=O) groups excluding carboxylic acids is 2. The lowest BCUT2D eigenvalue weighted by molar-refractivity contribution is -0.129. The summed E-state index contributed by atoms with van der Waals surface area (Å²) in [6.45, 7) is 1.87. The Morgan fingerprint density at radius 2 is 1.61 bits per heavy atom. The third-order valence-electron chi connectivity index (χ3n) is 3.72. The molecule has 109 valence electrons. The number of rotatable bonds is 1. The van der Waals surface area contributed by atoms with Crippen LogP contribution in [0.15, 0.2) is 16.9 Å². The van der Waals surface area contributed by atoms with E-state index in [1.807, 2.05) is 6.92 Å². The Bertz CT molecular complexity index is 1100. The molecular formula is C15H8NO4Si3. The molecule has 0 saturated carbocycles. The molecule has 0 spiro atoms. The first-order valence-corrected chi connectivity index (χ1v) is 8.06. The van der Waals surface area contributed by atoms with Gasteiger partial charge in [-0.2, -0.15) is 0 Å². The van der Waals surface area contributed by atoms with E-state index in [-0.39, 0.29) is 15.7 Å². The lowest BCUT2D eigenvalue weighted by atomic mass is 10.0. The van der Waals surface area contributed by atoms with Crippen LogP contribution in [0.4, 0.5) is 0 Å². The van der Waals surface area contributed by atoms with Crippen molar-refractivity contribution in [3.63, 3.8) is 0 Å². The van der Waals surface area contributed by atoms with Gasteiger partial charge < -0.3 is 4.84 Å². The van der Waals surface area contributed by atoms with Crippen LogP contribution in [-0.2, 0) is 9.59 Å². The number of ketones is 2. The summed E-state index contributed by atoms with van der Waals surface area (Å²) in [7, 11) is 11.2. The van der Waals surface area contributed by atoms with Crippen LogP contribution < -0.4 is 26.2 Å². The van der Waals surface area contributed by atoms with Crippen LogP contribution in [0.2, 0.25) is 0 Å². The van der Waals surface area contributed by atoms with E-state index in [0.717, 1.165) is 10.3 Å². The van der Waals surface area contributed by atoms with Crippen molar-refractivity contribution in [1.82, 2.24) is 4.73 Å². The van der Waals surface area contributed by atoms with Crippen molar-refractivity contribution in [1.29, 1.82) is 0 Å². The molecule has 0 unspecified atom stereocenters. The van der Waals surface area contributed by atoms with Gasteiger partial charge in [-0.1, -0.05) is 22.9 Å². The van der Waals surface area contributed by atoms with Crippen LogP contribution in [-0.4, -0.2) is 54.1 Å². The van der Waals surface area contributed by atoms with Crippen LogP contribution in [0.1, 0.15) is 5.56 Å². The number of hydrogen-bond acceptors (Lipinski definition) is 4. The standard InChI is InChI=1S/C15H8NO4Si3/c1-5-3-6-8(7(21)4-5)15(19)16(20-2)10-9(6)13(22)11(17)12(18)14(10)23/h3-4H,1-2H3. The van der Waals surface area contributed by atoms with Crippen molar-refractivity contribution in [2.24, 2.45) is 0 Å². The van der Waals surface area contributed by atoms with Gasteiger partial charge in [0.2, 0.25) is 11.6 Å². The summed E-state index contributed by atoms with van der Waals surface area (Å²) in [5, 5.41) is 2.25. The molecule has 0 fully saturated rings. The second-order valence-corrected chi connectivity index (χ2v) is 6.69. The predicted molar refractivity (Wildman–Crippen MR) is 88.4 cm³/mol. The lowest BCUT2D eigenvalue weighted by Crippen LogP contribution is -2.53. The molecule has 1 aliphatic carbocycles. The van der Waals surface area contributed by atoms with Crippen molar-refractivity contribution in [2.75, 3.05) is 7.11 Å². The molecule has 1 aromatic heterocycles. The second-order valence-electron chi connectivity index (χ2n) is 5.15. The summed E-state index contributed by atoms with van der Waals surface area (Å²) in [6.07, 6.45) is 0. The summed E-state index contributed by atoms with van der Waals surface area (Å²) in [5.41, 5.74) is 0.474. The number of hydrogen-bond donors (Lipinski definition) is 0. The third-order valence-corrected chi connectivity index (χ3v) is 5.06. The van der Waals surface area contributed by atoms with Gasteiger partial charge in [-0.3, -0.25) is 14.4 Å². The molecule has 3 rings (SSSR count). The van der Waals surface area contributed by atoms with Gasteiger partial charge in [0.25, 0.3) is 5.56 Å². The van der Waals surface area contributed by atoms with Gasteiger partial charge in [0, 0.05) is 15.8 Å².